The van der Waals surface area contributed by atoms with Crippen LogP contribution < -0.4 is 0 Å². The SMILES string of the molecule is CC1OC2(OC1C)C1C=CC2c2cc3cc4cc5c(cc4cc3cc21)C1C=CC5C12OC(C)C(C)O2.CC1OC2(OC1C)C1C=CC2c2cc3cc4cc5ccccc5cc4cc3cc21. The van der Waals surface area contributed by atoms with E-state index in [4.69, 9.17) is 28.4 Å². The molecule has 16 rings (SSSR count). The number of benzene rings is 7. The Kier molecular flexibility index (Phi) is 7.37. The normalized spacial score (nSPS) is 39.2. The summed E-state index contributed by atoms with van der Waals surface area (Å²) in [6.07, 6.45) is 14.4. The number of rotatable bonds is 0. The van der Waals surface area contributed by atoms with E-state index in [0.29, 0.717) is 0 Å². The Bertz CT molecular complexity index is 3050. The third-order valence-electron chi connectivity index (χ3n) is 17.4. The van der Waals surface area contributed by atoms with Crippen molar-refractivity contribution in [2.45, 2.75) is 131 Å². The van der Waals surface area contributed by atoms with Crippen molar-refractivity contribution >= 4 is 53.9 Å². The van der Waals surface area contributed by atoms with Crippen LogP contribution in [-0.2, 0) is 28.4 Å². The molecule has 12 unspecified atom stereocenters. The van der Waals surface area contributed by atoms with Gasteiger partial charge < -0.3 is 28.4 Å². The summed E-state index contributed by atoms with van der Waals surface area (Å²) in [7, 11) is 0. The molecule has 3 spiro atoms. The third kappa shape index (κ3) is 4.80. The minimum Gasteiger partial charge on any atom is -0.342 e. The molecule has 0 amide bonds. The summed E-state index contributed by atoms with van der Waals surface area (Å²) in [4.78, 5) is 0. The number of hydrogen-bond acceptors (Lipinski definition) is 6. The van der Waals surface area contributed by atoms with Gasteiger partial charge in [0.05, 0.1) is 72.1 Å². The highest BCUT2D eigenvalue weighted by Gasteiger charge is 2.64. The van der Waals surface area contributed by atoms with Gasteiger partial charge in [0.15, 0.2) is 17.4 Å². The second-order valence-corrected chi connectivity index (χ2v) is 20.9. The average Bonchev–Trinajstić information content (AvgIpc) is 4.19. The van der Waals surface area contributed by atoms with Crippen LogP contribution in [0.3, 0.4) is 0 Å². The molecule has 3 aliphatic heterocycles. The van der Waals surface area contributed by atoms with E-state index in [1.165, 1.54) is 87.2 Å². The number of fused-ring (bicyclic) bond motifs is 14. The van der Waals surface area contributed by atoms with Crippen LogP contribution in [-0.4, -0.2) is 54.0 Å². The standard InChI is InChI=1S/C32H30O4.C27H22O2/c1-15-16(2)34-31(33-15)27-5-6-28(31)24-12-20-10-22-14-26-25(13-21(22)9-19(20)11-23(24)27)29-7-8-30(26)32(29)35-17(3)18(4)36-32;1-15-16(2)29-27(28-15)25-7-8-26(27)24-14-22-12-20-10-18-6-4-3-5-17(18)9-19(20)11-21(22)13-23(24)25/h5-18,27-30H,1-4H3;3-16,25-26H,1-2H3. The second-order valence-electron chi connectivity index (χ2n) is 20.9. The first kappa shape index (κ1) is 38.0. The molecule has 6 heteroatoms. The van der Waals surface area contributed by atoms with Crippen LogP contribution in [0.5, 0.6) is 0 Å². The maximum absolute atomic E-state index is 6.53. The van der Waals surface area contributed by atoms with Crippen molar-refractivity contribution in [1.29, 1.82) is 0 Å². The van der Waals surface area contributed by atoms with E-state index in [0.717, 1.165) is 0 Å². The van der Waals surface area contributed by atoms with Crippen LogP contribution in [0.1, 0.15) is 110 Å². The predicted octanol–water partition coefficient (Wildman–Crippen LogP) is 13.0. The minimum atomic E-state index is -0.562. The van der Waals surface area contributed by atoms with E-state index in [2.05, 4.69) is 175 Å². The van der Waals surface area contributed by atoms with Gasteiger partial charge in [0.1, 0.15) is 0 Å². The molecule has 6 nitrogen and oxygen atoms in total. The molecule has 3 heterocycles. The topological polar surface area (TPSA) is 55.4 Å². The van der Waals surface area contributed by atoms with Crippen molar-refractivity contribution in [2.24, 2.45) is 0 Å². The van der Waals surface area contributed by atoms with Crippen molar-refractivity contribution in [3.05, 3.63) is 167 Å². The summed E-state index contributed by atoms with van der Waals surface area (Å²) in [6.45, 7) is 12.7. The average molecular weight is 857 g/mol. The van der Waals surface area contributed by atoms with Gasteiger partial charge in [-0.05, 0) is 165 Å². The van der Waals surface area contributed by atoms with Crippen LogP contribution in [0.2, 0.25) is 0 Å². The van der Waals surface area contributed by atoms with Gasteiger partial charge in [0.2, 0.25) is 0 Å². The lowest BCUT2D eigenvalue weighted by atomic mass is 9.89. The third-order valence-corrected chi connectivity index (χ3v) is 17.4. The zero-order valence-electron chi connectivity index (χ0n) is 37.6. The molecule has 6 bridgehead atoms. The maximum Gasteiger partial charge on any atom is 0.189 e. The molecule has 324 valence electrons. The van der Waals surface area contributed by atoms with Gasteiger partial charge in [-0.25, -0.2) is 0 Å². The molecular formula is C59H52O6. The summed E-state index contributed by atoms with van der Waals surface area (Å²) < 4.78 is 39.0. The van der Waals surface area contributed by atoms with Gasteiger partial charge >= 0.3 is 0 Å². The highest BCUT2D eigenvalue weighted by molar-refractivity contribution is 6.05. The van der Waals surface area contributed by atoms with E-state index in [9.17, 15) is 0 Å². The molecule has 0 N–H and O–H groups in total. The molecule has 0 radical (unpaired) electrons. The zero-order chi connectivity index (χ0) is 43.5. The molecule has 7 aromatic carbocycles. The van der Waals surface area contributed by atoms with Crippen molar-refractivity contribution < 1.29 is 28.4 Å². The Balaban J connectivity index is 0.000000123. The van der Waals surface area contributed by atoms with Gasteiger partial charge in [-0.1, -0.05) is 97.1 Å². The molecule has 3 saturated heterocycles. The molecule has 3 fully saturated rings. The van der Waals surface area contributed by atoms with E-state index in [1.807, 2.05) is 0 Å². The zero-order valence-corrected chi connectivity index (χ0v) is 37.6. The van der Waals surface area contributed by atoms with Crippen LogP contribution in [0, 0.1) is 0 Å². The molecule has 12 atom stereocenters. The summed E-state index contributed by atoms with van der Waals surface area (Å²) in [5.41, 5.74) is 8.15. The Morgan fingerprint density at radius 3 is 0.662 bits per heavy atom. The highest BCUT2D eigenvalue weighted by Crippen LogP contribution is 2.64. The summed E-state index contributed by atoms with van der Waals surface area (Å²) >= 11 is 0. The predicted molar refractivity (Wildman–Crippen MR) is 256 cm³/mol. The van der Waals surface area contributed by atoms with Gasteiger partial charge in [-0.3, -0.25) is 0 Å². The fraction of sp³-hybridized carbons (Fsp3) is 0.356. The van der Waals surface area contributed by atoms with Crippen molar-refractivity contribution in [3.8, 4) is 0 Å². The molecular weight excluding hydrogens is 805 g/mol. The summed E-state index contributed by atoms with van der Waals surface area (Å²) in [5, 5.41) is 12.9. The fourth-order valence-corrected chi connectivity index (χ4v) is 13.8. The van der Waals surface area contributed by atoms with Gasteiger partial charge in [0, 0.05) is 0 Å². The summed E-state index contributed by atoms with van der Waals surface area (Å²) in [6, 6.07) is 36.9. The van der Waals surface area contributed by atoms with Crippen LogP contribution >= 0.6 is 0 Å². The van der Waals surface area contributed by atoms with Crippen LogP contribution in [0.4, 0.5) is 0 Å². The lowest BCUT2D eigenvalue weighted by molar-refractivity contribution is -0.177. The highest BCUT2D eigenvalue weighted by atomic mass is 16.8. The summed E-state index contributed by atoms with van der Waals surface area (Å²) in [5.74, 6) is -0.650. The van der Waals surface area contributed by atoms with E-state index < -0.39 is 17.4 Å². The monoisotopic (exact) mass is 856 g/mol. The van der Waals surface area contributed by atoms with E-state index in [1.54, 1.807) is 0 Å². The quantitative estimate of drug-likeness (QED) is 0.112. The first-order valence-electron chi connectivity index (χ1n) is 24.1. The lowest BCUT2D eigenvalue weighted by Crippen LogP contribution is -2.35. The first-order valence-corrected chi connectivity index (χ1v) is 24.1. The fourth-order valence-electron chi connectivity index (χ4n) is 13.8. The largest absolute Gasteiger partial charge is 0.342 e. The lowest BCUT2D eigenvalue weighted by Gasteiger charge is -2.28. The number of ether oxygens (including phenoxy) is 6. The van der Waals surface area contributed by atoms with Gasteiger partial charge in [0.25, 0.3) is 0 Å². The second kappa shape index (κ2) is 12.6. The smallest absolute Gasteiger partial charge is 0.189 e. The van der Waals surface area contributed by atoms with E-state index >= 15 is 0 Å². The molecule has 6 aliphatic carbocycles. The number of hydrogen-bond donors (Lipinski definition) is 0. The minimum absolute atomic E-state index is 0.106. The molecule has 9 aliphatic rings. The van der Waals surface area contributed by atoms with Crippen LogP contribution in [0.15, 0.2) is 134 Å². The van der Waals surface area contributed by atoms with Crippen molar-refractivity contribution in [1.82, 2.24) is 0 Å². The Hall–Kier alpha value is -5.18. The Labute approximate surface area is 378 Å². The molecule has 7 aromatic rings. The van der Waals surface area contributed by atoms with E-state index in [-0.39, 0.29) is 72.1 Å². The molecule has 0 aromatic heterocycles. The molecule has 65 heavy (non-hydrogen) atoms. The van der Waals surface area contributed by atoms with Gasteiger partial charge in [-0.15, -0.1) is 0 Å². The van der Waals surface area contributed by atoms with Gasteiger partial charge in [-0.2, -0.15) is 0 Å². The first-order chi connectivity index (χ1) is 31.5. The maximum atomic E-state index is 6.53. The van der Waals surface area contributed by atoms with Crippen molar-refractivity contribution in [2.75, 3.05) is 0 Å². The van der Waals surface area contributed by atoms with Crippen LogP contribution in [0.25, 0.3) is 53.9 Å². The van der Waals surface area contributed by atoms with Crippen molar-refractivity contribution in [3.63, 3.8) is 0 Å². The Morgan fingerprint density at radius 1 is 0.262 bits per heavy atom. The Morgan fingerprint density at radius 2 is 0.446 bits per heavy atom. The molecule has 0 saturated carbocycles.